The number of nitrogens with zero attached hydrogens (tertiary/aromatic N) is 2. The van der Waals surface area contributed by atoms with Crippen LogP contribution in [0, 0.1) is 0 Å². The van der Waals surface area contributed by atoms with E-state index < -0.39 is 6.61 Å². The van der Waals surface area contributed by atoms with Crippen molar-refractivity contribution in [3.8, 4) is 5.75 Å². The Morgan fingerprint density at radius 2 is 2.00 bits per heavy atom. The summed E-state index contributed by atoms with van der Waals surface area (Å²) in [5.41, 5.74) is 0.773. The highest BCUT2D eigenvalue weighted by Crippen LogP contribution is 2.24. The van der Waals surface area contributed by atoms with Gasteiger partial charge in [0.2, 0.25) is 0 Å². The van der Waals surface area contributed by atoms with Crippen LogP contribution < -0.4 is 15.6 Å². The molecule has 5 nitrogen and oxygen atoms in total. The summed E-state index contributed by atoms with van der Waals surface area (Å²) in [4.78, 5) is 17.0. The number of hydrogen-bond donors (Lipinski definition) is 1. The van der Waals surface area contributed by atoms with Gasteiger partial charge in [-0.25, -0.2) is 4.98 Å². The molecule has 0 aliphatic heterocycles. The Bertz CT molecular complexity index is 959. The van der Waals surface area contributed by atoms with Gasteiger partial charge in [-0.15, -0.1) is 0 Å². The van der Waals surface area contributed by atoms with Crippen LogP contribution in [0.1, 0.15) is 12.5 Å². The number of fused-ring (bicyclic) bond motifs is 1. The first-order chi connectivity index (χ1) is 12.0. The average Bonchev–Trinajstić information content (AvgIpc) is 2.58. The van der Waals surface area contributed by atoms with Crippen molar-refractivity contribution < 1.29 is 13.5 Å². The lowest BCUT2D eigenvalue weighted by molar-refractivity contribution is -0.0491. The lowest BCUT2D eigenvalue weighted by Gasteiger charge is -2.14. The number of hydrogen-bond acceptors (Lipinski definition) is 4. The second-order valence-corrected chi connectivity index (χ2v) is 5.61. The molecule has 0 fully saturated rings. The van der Waals surface area contributed by atoms with E-state index in [1.165, 1.54) is 22.7 Å². The van der Waals surface area contributed by atoms with Gasteiger partial charge in [-0.3, -0.25) is 9.20 Å². The van der Waals surface area contributed by atoms with Gasteiger partial charge in [0.05, 0.1) is 5.56 Å². The van der Waals surface area contributed by atoms with Crippen LogP contribution in [0.5, 0.6) is 5.75 Å². The van der Waals surface area contributed by atoms with Gasteiger partial charge in [0.1, 0.15) is 5.82 Å². The van der Waals surface area contributed by atoms with Crippen molar-refractivity contribution in [2.24, 2.45) is 0 Å². The van der Waals surface area contributed by atoms with Crippen molar-refractivity contribution in [1.29, 1.82) is 0 Å². The molecule has 2 aromatic heterocycles. The average molecular weight is 366 g/mol. The molecule has 0 spiro atoms. The molecule has 2 heterocycles. The number of ether oxygens (including phenoxy) is 1. The Labute approximate surface area is 146 Å². The van der Waals surface area contributed by atoms with E-state index in [2.05, 4.69) is 15.0 Å². The third-order valence-corrected chi connectivity index (χ3v) is 3.84. The molecule has 0 saturated carbocycles. The maximum atomic E-state index is 12.7. The Morgan fingerprint density at radius 3 is 2.64 bits per heavy atom. The zero-order valence-corrected chi connectivity index (χ0v) is 13.9. The second-order valence-electron chi connectivity index (χ2n) is 5.17. The van der Waals surface area contributed by atoms with Gasteiger partial charge in [-0.05, 0) is 42.8 Å². The van der Waals surface area contributed by atoms with Crippen LogP contribution in [0.25, 0.3) is 5.65 Å². The smallest absolute Gasteiger partial charge is 0.387 e. The largest absolute Gasteiger partial charge is 0.431 e. The molecule has 1 aromatic carbocycles. The lowest BCUT2D eigenvalue weighted by atomic mass is 10.2. The van der Waals surface area contributed by atoms with E-state index in [1.54, 1.807) is 24.3 Å². The molecule has 0 radical (unpaired) electrons. The van der Waals surface area contributed by atoms with Crippen LogP contribution in [-0.4, -0.2) is 16.0 Å². The molecular weight excluding hydrogens is 352 g/mol. The molecule has 0 aliphatic carbocycles. The standard InChI is InChI=1S/C17H14ClF2N3O2/c1-2-12-14(21-11-7-5-10(18)6-8-11)22-15-13(25-17(19)20)4-3-9-23(15)16(12)24/h3-9,17,21H,2H2,1H3. The number of nitrogens with one attached hydrogen (secondary N) is 1. The fraction of sp³-hybridized carbons (Fsp3) is 0.176. The highest BCUT2D eigenvalue weighted by atomic mass is 35.5. The normalized spacial score (nSPS) is 11.1. The summed E-state index contributed by atoms with van der Waals surface area (Å²) >= 11 is 5.86. The summed E-state index contributed by atoms with van der Waals surface area (Å²) < 4.78 is 30.9. The summed E-state index contributed by atoms with van der Waals surface area (Å²) in [5.74, 6) is 0.122. The number of alkyl halides is 2. The van der Waals surface area contributed by atoms with Gasteiger partial charge >= 0.3 is 6.61 Å². The molecule has 130 valence electrons. The monoisotopic (exact) mass is 365 g/mol. The maximum absolute atomic E-state index is 12.7. The molecule has 0 saturated heterocycles. The zero-order chi connectivity index (χ0) is 18.0. The van der Waals surface area contributed by atoms with E-state index >= 15 is 0 Å². The van der Waals surface area contributed by atoms with Crippen LogP contribution in [0.4, 0.5) is 20.3 Å². The topological polar surface area (TPSA) is 55.6 Å². The first-order valence-corrected chi connectivity index (χ1v) is 7.89. The lowest BCUT2D eigenvalue weighted by Crippen LogP contribution is -2.22. The van der Waals surface area contributed by atoms with Crippen molar-refractivity contribution >= 4 is 28.8 Å². The Kier molecular flexibility index (Phi) is 4.85. The Balaban J connectivity index is 2.16. The van der Waals surface area contributed by atoms with Crippen LogP contribution in [0.15, 0.2) is 47.4 Å². The van der Waals surface area contributed by atoms with E-state index in [0.717, 1.165) is 0 Å². The van der Waals surface area contributed by atoms with Crippen molar-refractivity contribution in [2.75, 3.05) is 5.32 Å². The van der Waals surface area contributed by atoms with Crippen LogP contribution in [-0.2, 0) is 6.42 Å². The van der Waals surface area contributed by atoms with E-state index in [1.807, 2.05) is 6.92 Å². The molecule has 25 heavy (non-hydrogen) atoms. The van der Waals surface area contributed by atoms with Gasteiger partial charge in [0.25, 0.3) is 5.56 Å². The molecule has 8 heteroatoms. The number of aromatic nitrogens is 2. The molecule has 3 aromatic rings. The molecule has 0 unspecified atom stereocenters. The van der Waals surface area contributed by atoms with Crippen molar-refractivity contribution in [1.82, 2.24) is 9.38 Å². The van der Waals surface area contributed by atoms with Gasteiger partial charge in [-0.2, -0.15) is 8.78 Å². The van der Waals surface area contributed by atoms with Gasteiger partial charge < -0.3 is 10.1 Å². The first-order valence-electron chi connectivity index (χ1n) is 7.51. The van der Waals surface area contributed by atoms with Gasteiger partial charge in [-0.1, -0.05) is 18.5 Å². The van der Waals surface area contributed by atoms with E-state index in [-0.39, 0.29) is 17.0 Å². The summed E-state index contributed by atoms with van der Waals surface area (Å²) in [6, 6.07) is 9.63. The molecular formula is C17H14ClF2N3O2. The third kappa shape index (κ3) is 3.56. The quantitative estimate of drug-likeness (QED) is 0.734. The molecule has 0 atom stereocenters. The molecule has 3 rings (SSSR count). The Morgan fingerprint density at radius 1 is 1.28 bits per heavy atom. The zero-order valence-electron chi connectivity index (χ0n) is 13.2. The highest BCUT2D eigenvalue weighted by molar-refractivity contribution is 6.30. The van der Waals surface area contributed by atoms with Crippen LogP contribution in [0.3, 0.4) is 0 Å². The summed E-state index contributed by atoms with van der Waals surface area (Å²) in [6.07, 6.45) is 1.89. The minimum atomic E-state index is -3.01. The summed E-state index contributed by atoms with van der Waals surface area (Å²) in [5, 5.41) is 3.61. The minimum Gasteiger partial charge on any atom is -0.431 e. The fourth-order valence-electron chi connectivity index (χ4n) is 2.45. The number of anilines is 2. The number of rotatable bonds is 5. The first kappa shape index (κ1) is 17.2. The highest BCUT2D eigenvalue weighted by Gasteiger charge is 2.16. The number of benzene rings is 1. The SMILES string of the molecule is CCc1c(Nc2ccc(Cl)cc2)nc2c(OC(F)F)cccn2c1=O. The third-order valence-electron chi connectivity index (χ3n) is 3.59. The molecule has 0 bridgehead atoms. The predicted molar refractivity (Wildman–Crippen MR) is 92.2 cm³/mol. The molecule has 0 aliphatic rings. The maximum Gasteiger partial charge on any atom is 0.387 e. The van der Waals surface area contributed by atoms with Crippen molar-refractivity contribution in [3.63, 3.8) is 0 Å². The van der Waals surface area contributed by atoms with Gasteiger partial charge in [0, 0.05) is 16.9 Å². The van der Waals surface area contributed by atoms with Crippen molar-refractivity contribution in [2.45, 2.75) is 20.0 Å². The number of pyridine rings is 1. The number of halogens is 3. The van der Waals surface area contributed by atoms with Crippen LogP contribution in [0.2, 0.25) is 5.02 Å². The van der Waals surface area contributed by atoms with Gasteiger partial charge in [0.15, 0.2) is 11.4 Å². The Hall–Kier alpha value is -2.67. The summed E-state index contributed by atoms with van der Waals surface area (Å²) in [6.45, 7) is -1.20. The van der Waals surface area contributed by atoms with E-state index in [4.69, 9.17) is 11.6 Å². The van der Waals surface area contributed by atoms with E-state index in [0.29, 0.717) is 28.5 Å². The predicted octanol–water partition coefficient (Wildman–Crippen LogP) is 4.26. The fourth-order valence-corrected chi connectivity index (χ4v) is 2.58. The molecule has 1 N–H and O–H groups in total. The van der Waals surface area contributed by atoms with Crippen LogP contribution >= 0.6 is 11.6 Å². The molecule has 0 amide bonds. The summed E-state index contributed by atoms with van der Waals surface area (Å²) in [7, 11) is 0. The van der Waals surface area contributed by atoms with Crippen molar-refractivity contribution in [3.05, 3.63) is 63.5 Å². The minimum absolute atomic E-state index is 0.0152. The second kappa shape index (κ2) is 7.06. The van der Waals surface area contributed by atoms with E-state index in [9.17, 15) is 13.6 Å².